The standard InChI is InChI=1S/C14H21NO/c1-14(16,12-8-4-2-5-9-12)13-10-6-3-7-11-15-13/h2,4-5,8-9,13,15-16H,3,6-7,10-11H2,1H3/t13-,14-/m1/s1. The van der Waals surface area contributed by atoms with Gasteiger partial charge in [0.05, 0.1) is 0 Å². The fourth-order valence-corrected chi connectivity index (χ4v) is 2.49. The zero-order valence-electron chi connectivity index (χ0n) is 9.95. The molecule has 1 saturated heterocycles. The van der Waals surface area contributed by atoms with Crippen LogP contribution in [0.3, 0.4) is 0 Å². The highest BCUT2D eigenvalue weighted by Crippen LogP contribution is 2.28. The molecule has 2 nitrogen and oxygen atoms in total. The van der Waals surface area contributed by atoms with E-state index in [2.05, 4.69) is 5.32 Å². The van der Waals surface area contributed by atoms with E-state index in [1.165, 1.54) is 19.3 Å². The number of nitrogens with one attached hydrogen (secondary N) is 1. The van der Waals surface area contributed by atoms with Crippen molar-refractivity contribution in [3.8, 4) is 0 Å². The van der Waals surface area contributed by atoms with Crippen molar-refractivity contribution in [1.82, 2.24) is 5.32 Å². The molecule has 0 aromatic heterocycles. The Labute approximate surface area is 97.7 Å². The quantitative estimate of drug-likeness (QED) is 0.800. The van der Waals surface area contributed by atoms with Gasteiger partial charge < -0.3 is 10.4 Å². The van der Waals surface area contributed by atoms with Crippen LogP contribution in [0.1, 0.15) is 38.2 Å². The highest BCUT2D eigenvalue weighted by molar-refractivity contribution is 5.23. The minimum atomic E-state index is -0.758. The molecule has 2 heteroatoms. The van der Waals surface area contributed by atoms with Gasteiger partial charge in [0.15, 0.2) is 0 Å². The Morgan fingerprint density at radius 3 is 2.69 bits per heavy atom. The highest BCUT2D eigenvalue weighted by Gasteiger charge is 2.33. The molecule has 2 rings (SSSR count). The van der Waals surface area contributed by atoms with Crippen molar-refractivity contribution < 1.29 is 5.11 Å². The topological polar surface area (TPSA) is 32.3 Å². The largest absolute Gasteiger partial charge is 0.384 e. The van der Waals surface area contributed by atoms with Crippen molar-refractivity contribution in [2.24, 2.45) is 0 Å². The van der Waals surface area contributed by atoms with E-state index < -0.39 is 5.60 Å². The van der Waals surface area contributed by atoms with Gasteiger partial charge in [0.2, 0.25) is 0 Å². The van der Waals surface area contributed by atoms with Gasteiger partial charge in [-0.05, 0) is 31.9 Å². The Balaban J connectivity index is 2.16. The summed E-state index contributed by atoms with van der Waals surface area (Å²) in [6, 6.07) is 10.2. The summed E-state index contributed by atoms with van der Waals surface area (Å²) in [4.78, 5) is 0. The normalized spacial score (nSPS) is 25.8. The zero-order chi connectivity index (χ0) is 11.4. The molecule has 0 aliphatic carbocycles. The summed E-state index contributed by atoms with van der Waals surface area (Å²) in [5, 5.41) is 14.1. The predicted octanol–water partition coefficient (Wildman–Crippen LogP) is 2.43. The molecule has 2 N–H and O–H groups in total. The monoisotopic (exact) mass is 219 g/mol. The zero-order valence-corrected chi connectivity index (χ0v) is 9.95. The molecule has 1 aliphatic rings. The molecule has 1 fully saturated rings. The average molecular weight is 219 g/mol. The van der Waals surface area contributed by atoms with Gasteiger partial charge in [-0.2, -0.15) is 0 Å². The third-order valence-electron chi connectivity index (χ3n) is 3.60. The fraction of sp³-hybridized carbons (Fsp3) is 0.571. The van der Waals surface area contributed by atoms with Crippen LogP contribution in [0, 0.1) is 0 Å². The summed E-state index contributed by atoms with van der Waals surface area (Å²) in [7, 11) is 0. The van der Waals surface area contributed by atoms with E-state index in [0.29, 0.717) is 0 Å². The lowest BCUT2D eigenvalue weighted by Crippen LogP contribution is -2.46. The second kappa shape index (κ2) is 4.98. The molecule has 0 bridgehead atoms. The van der Waals surface area contributed by atoms with Gasteiger partial charge in [-0.3, -0.25) is 0 Å². The lowest BCUT2D eigenvalue weighted by atomic mass is 9.86. The summed E-state index contributed by atoms with van der Waals surface area (Å²) in [5.74, 6) is 0. The van der Waals surface area contributed by atoms with Crippen LogP contribution in [-0.2, 0) is 5.60 Å². The van der Waals surface area contributed by atoms with Crippen molar-refractivity contribution in [3.05, 3.63) is 35.9 Å². The molecule has 0 amide bonds. The molecule has 1 aromatic rings. The maximum Gasteiger partial charge on any atom is 0.102 e. The minimum absolute atomic E-state index is 0.178. The van der Waals surface area contributed by atoms with Gasteiger partial charge >= 0.3 is 0 Å². The number of benzene rings is 1. The molecule has 0 saturated carbocycles. The third kappa shape index (κ3) is 2.45. The van der Waals surface area contributed by atoms with Crippen LogP contribution in [0.25, 0.3) is 0 Å². The lowest BCUT2D eigenvalue weighted by molar-refractivity contribution is 0.0136. The first-order valence-electron chi connectivity index (χ1n) is 6.22. The van der Waals surface area contributed by atoms with Crippen LogP contribution in [0.2, 0.25) is 0 Å². The summed E-state index contributed by atoms with van der Waals surface area (Å²) in [5.41, 5.74) is 0.250. The first-order valence-corrected chi connectivity index (χ1v) is 6.22. The third-order valence-corrected chi connectivity index (χ3v) is 3.60. The van der Waals surface area contributed by atoms with Gasteiger partial charge in [0, 0.05) is 6.04 Å². The van der Waals surface area contributed by atoms with Crippen LogP contribution in [0.5, 0.6) is 0 Å². The van der Waals surface area contributed by atoms with Gasteiger partial charge in [-0.15, -0.1) is 0 Å². The fourth-order valence-electron chi connectivity index (χ4n) is 2.49. The molecular weight excluding hydrogens is 198 g/mol. The molecule has 16 heavy (non-hydrogen) atoms. The van der Waals surface area contributed by atoms with Crippen molar-refractivity contribution in [1.29, 1.82) is 0 Å². The first kappa shape index (κ1) is 11.6. The van der Waals surface area contributed by atoms with Gasteiger partial charge in [0.1, 0.15) is 5.60 Å². The molecule has 0 unspecified atom stereocenters. The van der Waals surface area contributed by atoms with Crippen LogP contribution in [-0.4, -0.2) is 17.7 Å². The Morgan fingerprint density at radius 2 is 1.94 bits per heavy atom. The van der Waals surface area contributed by atoms with Gasteiger partial charge in [-0.25, -0.2) is 0 Å². The molecule has 88 valence electrons. The summed E-state index contributed by atoms with van der Waals surface area (Å²) in [6.45, 7) is 2.94. The first-order chi connectivity index (χ1) is 7.71. The van der Waals surface area contributed by atoms with Crippen LogP contribution in [0.15, 0.2) is 30.3 Å². The van der Waals surface area contributed by atoms with Crippen LogP contribution in [0.4, 0.5) is 0 Å². The number of aliphatic hydroxyl groups is 1. The maximum absolute atomic E-state index is 10.7. The van der Waals surface area contributed by atoms with E-state index in [0.717, 1.165) is 18.5 Å². The van der Waals surface area contributed by atoms with Crippen molar-refractivity contribution in [2.75, 3.05) is 6.54 Å². The van der Waals surface area contributed by atoms with E-state index in [9.17, 15) is 5.11 Å². The Morgan fingerprint density at radius 1 is 1.19 bits per heavy atom. The Kier molecular flexibility index (Phi) is 3.62. The molecule has 2 atom stereocenters. The Bertz CT molecular complexity index is 313. The van der Waals surface area contributed by atoms with Crippen LogP contribution < -0.4 is 5.32 Å². The molecule has 0 spiro atoms. The van der Waals surface area contributed by atoms with Crippen LogP contribution >= 0.6 is 0 Å². The number of hydrogen-bond donors (Lipinski definition) is 2. The van der Waals surface area contributed by atoms with Crippen molar-refractivity contribution in [2.45, 2.75) is 44.2 Å². The average Bonchev–Trinajstić information content (AvgIpc) is 2.59. The molecule has 0 radical (unpaired) electrons. The molecular formula is C14H21NO. The maximum atomic E-state index is 10.7. The molecule has 1 aliphatic heterocycles. The SMILES string of the molecule is C[C@@](O)(c1ccccc1)[C@H]1CCCCCN1. The van der Waals surface area contributed by atoms with E-state index >= 15 is 0 Å². The van der Waals surface area contributed by atoms with Crippen molar-refractivity contribution >= 4 is 0 Å². The second-order valence-corrected chi connectivity index (χ2v) is 4.87. The highest BCUT2D eigenvalue weighted by atomic mass is 16.3. The number of hydrogen-bond acceptors (Lipinski definition) is 2. The predicted molar refractivity (Wildman–Crippen MR) is 66.3 cm³/mol. The minimum Gasteiger partial charge on any atom is -0.384 e. The smallest absolute Gasteiger partial charge is 0.102 e. The lowest BCUT2D eigenvalue weighted by Gasteiger charge is -2.33. The summed E-state index contributed by atoms with van der Waals surface area (Å²) >= 11 is 0. The number of rotatable bonds is 2. The van der Waals surface area contributed by atoms with Gasteiger partial charge in [-0.1, -0.05) is 43.2 Å². The second-order valence-electron chi connectivity index (χ2n) is 4.87. The van der Waals surface area contributed by atoms with E-state index in [-0.39, 0.29) is 6.04 Å². The molecule has 1 aromatic carbocycles. The Hall–Kier alpha value is -0.860. The van der Waals surface area contributed by atoms with E-state index in [1.807, 2.05) is 37.3 Å². The van der Waals surface area contributed by atoms with E-state index in [4.69, 9.17) is 0 Å². The molecule has 1 heterocycles. The summed E-state index contributed by atoms with van der Waals surface area (Å²) in [6.07, 6.45) is 4.76. The summed E-state index contributed by atoms with van der Waals surface area (Å²) < 4.78 is 0. The van der Waals surface area contributed by atoms with E-state index in [1.54, 1.807) is 0 Å². The van der Waals surface area contributed by atoms with Gasteiger partial charge in [0.25, 0.3) is 0 Å². The van der Waals surface area contributed by atoms with Crippen molar-refractivity contribution in [3.63, 3.8) is 0 Å².